The minimum absolute atomic E-state index is 0.258. The molecule has 0 atom stereocenters. The Kier molecular flexibility index (Phi) is 5.37. The Hall–Kier alpha value is -2.02. The average molecular weight is 260 g/mol. The van der Waals surface area contributed by atoms with Gasteiger partial charge in [0, 0.05) is 5.56 Å². The fourth-order valence-corrected chi connectivity index (χ4v) is 1.42. The van der Waals surface area contributed by atoms with Crippen molar-refractivity contribution < 1.29 is 9.53 Å². The van der Waals surface area contributed by atoms with E-state index in [1.54, 1.807) is 38.1 Å². The van der Waals surface area contributed by atoms with Gasteiger partial charge >= 0.3 is 0 Å². The van der Waals surface area contributed by atoms with Crippen molar-refractivity contribution in [3.63, 3.8) is 0 Å². The Morgan fingerprint density at radius 1 is 1.37 bits per heavy atom. The zero-order valence-corrected chi connectivity index (χ0v) is 11.7. The maximum Gasteiger partial charge on any atom is 0.252 e. The molecule has 0 radical (unpaired) electrons. The second-order valence-electron chi connectivity index (χ2n) is 4.92. The number of unbranched alkanes of at least 4 members (excludes halogenated alkanes) is 1. The third kappa shape index (κ3) is 5.01. The molecular formula is C15H20N2O2. The fraction of sp³-hybridized carbons (Fsp3) is 0.467. The van der Waals surface area contributed by atoms with Crippen molar-refractivity contribution in [3.8, 4) is 11.8 Å². The number of nitrogens with zero attached hydrogens (tertiary/aromatic N) is 1. The Bertz CT molecular complexity index is 458. The molecule has 0 saturated heterocycles. The first-order valence-electron chi connectivity index (χ1n) is 6.45. The van der Waals surface area contributed by atoms with E-state index in [2.05, 4.69) is 12.2 Å². The fourth-order valence-electron chi connectivity index (χ4n) is 1.42. The van der Waals surface area contributed by atoms with E-state index in [0.29, 0.717) is 12.2 Å². The lowest BCUT2D eigenvalue weighted by atomic mass is 10.1. The van der Waals surface area contributed by atoms with Crippen LogP contribution in [0.15, 0.2) is 24.3 Å². The summed E-state index contributed by atoms with van der Waals surface area (Å²) < 4.78 is 5.52. The van der Waals surface area contributed by atoms with E-state index in [1.165, 1.54) is 0 Å². The molecule has 0 aliphatic carbocycles. The molecule has 0 aliphatic heterocycles. The van der Waals surface area contributed by atoms with Gasteiger partial charge in [0.15, 0.2) is 0 Å². The third-order valence-corrected chi connectivity index (χ3v) is 2.59. The van der Waals surface area contributed by atoms with E-state index in [9.17, 15) is 4.79 Å². The number of carbonyl (C=O) groups is 1. The predicted molar refractivity (Wildman–Crippen MR) is 74.0 cm³/mol. The van der Waals surface area contributed by atoms with Gasteiger partial charge in [0.25, 0.3) is 5.91 Å². The minimum atomic E-state index is -0.868. The Morgan fingerprint density at radius 2 is 2.00 bits per heavy atom. The van der Waals surface area contributed by atoms with Crippen LogP contribution in [-0.4, -0.2) is 18.1 Å². The van der Waals surface area contributed by atoms with Crippen molar-refractivity contribution in [2.75, 3.05) is 6.61 Å². The second-order valence-corrected chi connectivity index (χ2v) is 4.92. The molecular weight excluding hydrogens is 240 g/mol. The number of benzene rings is 1. The van der Waals surface area contributed by atoms with Gasteiger partial charge in [-0.1, -0.05) is 13.3 Å². The molecule has 19 heavy (non-hydrogen) atoms. The van der Waals surface area contributed by atoms with Crippen LogP contribution in [0.1, 0.15) is 44.0 Å². The lowest BCUT2D eigenvalue weighted by Gasteiger charge is -2.17. The lowest BCUT2D eigenvalue weighted by molar-refractivity contribution is 0.0929. The van der Waals surface area contributed by atoms with Gasteiger partial charge < -0.3 is 10.1 Å². The van der Waals surface area contributed by atoms with Crippen molar-refractivity contribution in [2.45, 2.75) is 39.2 Å². The van der Waals surface area contributed by atoms with Crippen molar-refractivity contribution in [1.29, 1.82) is 5.26 Å². The van der Waals surface area contributed by atoms with E-state index in [-0.39, 0.29) is 5.91 Å². The van der Waals surface area contributed by atoms with Gasteiger partial charge in [-0.15, -0.1) is 0 Å². The highest BCUT2D eigenvalue weighted by Crippen LogP contribution is 2.13. The molecule has 4 heteroatoms. The van der Waals surface area contributed by atoms with Crippen LogP contribution < -0.4 is 10.1 Å². The molecule has 0 aromatic heterocycles. The van der Waals surface area contributed by atoms with Crippen LogP contribution in [0.4, 0.5) is 0 Å². The molecule has 102 valence electrons. The molecule has 0 aliphatic rings. The van der Waals surface area contributed by atoms with Crippen LogP contribution in [0.2, 0.25) is 0 Å². The van der Waals surface area contributed by atoms with E-state index in [1.807, 2.05) is 6.07 Å². The summed E-state index contributed by atoms with van der Waals surface area (Å²) >= 11 is 0. The molecule has 1 amide bonds. The summed E-state index contributed by atoms with van der Waals surface area (Å²) in [6.07, 6.45) is 2.10. The zero-order chi connectivity index (χ0) is 14.3. The van der Waals surface area contributed by atoms with E-state index >= 15 is 0 Å². The topological polar surface area (TPSA) is 62.1 Å². The maximum absolute atomic E-state index is 11.9. The van der Waals surface area contributed by atoms with Crippen LogP contribution in [-0.2, 0) is 0 Å². The number of hydrogen-bond acceptors (Lipinski definition) is 3. The number of amides is 1. The molecule has 1 N–H and O–H groups in total. The molecule has 0 fully saturated rings. The minimum Gasteiger partial charge on any atom is -0.494 e. The SMILES string of the molecule is CCCCOc1ccc(C(=O)NC(C)(C)C#N)cc1. The zero-order valence-electron chi connectivity index (χ0n) is 11.7. The molecule has 0 heterocycles. The Labute approximate surface area is 114 Å². The van der Waals surface area contributed by atoms with Gasteiger partial charge in [0.2, 0.25) is 0 Å². The predicted octanol–water partition coefficient (Wildman–Crippen LogP) is 2.90. The summed E-state index contributed by atoms with van der Waals surface area (Å²) in [5.41, 5.74) is -0.348. The van der Waals surface area contributed by atoms with Gasteiger partial charge in [-0.05, 0) is 44.5 Å². The van der Waals surface area contributed by atoms with E-state index in [0.717, 1.165) is 18.6 Å². The molecule has 0 bridgehead atoms. The monoisotopic (exact) mass is 260 g/mol. The van der Waals surface area contributed by atoms with Crippen LogP contribution >= 0.6 is 0 Å². The molecule has 4 nitrogen and oxygen atoms in total. The maximum atomic E-state index is 11.9. The number of nitrogens with one attached hydrogen (secondary N) is 1. The average Bonchev–Trinajstić information content (AvgIpc) is 2.39. The summed E-state index contributed by atoms with van der Waals surface area (Å²) in [5.74, 6) is 0.496. The summed E-state index contributed by atoms with van der Waals surface area (Å²) in [6.45, 7) is 6.11. The Balaban J connectivity index is 2.61. The summed E-state index contributed by atoms with van der Waals surface area (Å²) in [6, 6.07) is 8.96. The quantitative estimate of drug-likeness (QED) is 0.800. The molecule has 0 spiro atoms. The largest absolute Gasteiger partial charge is 0.494 e. The van der Waals surface area contributed by atoms with Crippen molar-refractivity contribution in [1.82, 2.24) is 5.32 Å². The first kappa shape index (κ1) is 15.0. The molecule has 1 rings (SSSR count). The van der Waals surface area contributed by atoms with E-state index < -0.39 is 5.54 Å². The van der Waals surface area contributed by atoms with Gasteiger partial charge in [0.05, 0.1) is 12.7 Å². The molecule has 0 saturated carbocycles. The highest BCUT2D eigenvalue weighted by Gasteiger charge is 2.20. The molecule has 1 aromatic rings. The summed E-state index contributed by atoms with van der Waals surface area (Å²) in [7, 11) is 0. The van der Waals surface area contributed by atoms with Crippen molar-refractivity contribution in [3.05, 3.63) is 29.8 Å². The van der Waals surface area contributed by atoms with Gasteiger partial charge in [-0.2, -0.15) is 5.26 Å². The lowest BCUT2D eigenvalue weighted by Crippen LogP contribution is -2.42. The normalized spacial score (nSPS) is 10.6. The molecule has 0 unspecified atom stereocenters. The van der Waals surface area contributed by atoms with Crippen molar-refractivity contribution >= 4 is 5.91 Å². The third-order valence-electron chi connectivity index (χ3n) is 2.59. The standard InChI is InChI=1S/C15H20N2O2/c1-4-5-10-19-13-8-6-12(7-9-13)14(18)17-15(2,3)11-16/h6-9H,4-5,10H2,1-3H3,(H,17,18). The number of ether oxygens (including phenoxy) is 1. The number of hydrogen-bond donors (Lipinski definition) is 1. The highest BCUT2D eigenvalue weighted by molar-refractivity contribution is 5.95. The number of nitriles is 1. The van der Waals surface area contributed by atoms with Gasteiger partial charge in [0.1, 0.15) is 11.3 Å². The highest BCUT2D eigenvalue weighted by atomic mass is 16.5. The van der Waals surface area contributed by atoms with Crippen LogP contribution in [0.25, 0.3) is 0 Å². The Morgan fingerprint density at radius 3 is 2.53 bits per heavy atom. The van der Waals surface area contributed by atoms with Crippen LogP contribution in [0.5, 0.6) is 5.75 Å². The smallest absolute Gasteiger partial charge is 0.252 e. The number of carbonyl (C=O) groups excluding carboxylic acids is 1. The summed E-state index contributed by atoms with van der Waals surface area (Å²) in [5, 5.41) is 11.5. The first-order chi connectivity index (χ1) is 8.98. The van der Waals surface area contributed by atoms with Crippen LogP contribution in [0, 0.1) is 11.3 Å². The van der Waals surface area contributed by atoms with Gasteiger partial charge in [-0.3, -0.25) is 4.79 Å². The van der Waals surface area contributed by atoms with Gasteiger partial charge in [-0.25, -0.2) is 0 Å². The second kappa shape index (κ2) is 6.79. The molecule has 1 aromatic carbocycles. The first-order valence-corrected chi connectivity index (χ1v) is 6.45. The number of rotatable bonds is 6. The summed E-state index contributed by atoms with van der Waals surface area (Å²) in [4.78, 5) is 11.9. The van der Waals surface area contributed by atoms with Crippen molar-refractivity contribution in [2.24, 2.45) is 0 Å². The van der Waals surface area contributed by atoms with E-state index in [4.69, 9.17) is 10.00 Å². The van der Waals surface area contributed by atoms with Crippen LogP contribution in [0.3, 0.4) is 0 Å².